The summed E-state index contributed by atoms with van der Waals surface area (Å²) in [6, 6.07) is 16.6. The van der Waals surface area contributed by atoms with Crippen LogP contribution in [-0.4, -0.2) is 99.7 Å². The number of aryl methyl sites for hydroxylation is 1. The molecule has 2 fully saturated rings. The molecular formula is C30H40N4O7. The zero-order valence-corrected chi connectivity index (χ0v) is 23.9. The third kappa shape index (κ3) is 11.3. The molecule has 41 heavy (non-hydrogen) atoms. The van der Waals surface area contributed by atoms with Crippen molar-refractivity contribution < 1.29 is 33.4 Å². The summed E-state index contributed by atoms with van der Waals surface area (Å²) in [6.45, 7) is 6.27. The Bertz CT molecular complexity index is 1150. The number of benzene rings is 2. The molecule has 0 radical (unpaired) electrons. The average Bonchev–Trinajstić information content (AvgIpc) is 3.74. The smallest absolute Gasteiger partial charge is 0.239 e. The lowest BCUT2D eigenvalue weighted by molar-refractivity contribution is -0.131. The van der Waals surface area contributed by atoms with Crippen molar-refractivity contribution in [2.45, 2.75) is 31.9 Å². The zero-order chi connectivity index (χ0) is 29.7. The van der Waals surface area contributed by atoms with E-state index in [2.05, 4.69) is 22.9 Å². The molecule has 11 nitrogen and oxygen atoms in total. The molecule has 0 aromatic heterocycles. The van der Waals surface area contributed by atoms with E-state index in [0.717, 1.165) is 11.3 Å². The average molecular weight is 569 g/mol. The van der Waals surface area contributed by atoms with Gasteiger partial charge in [-0.3, -0.25) is 24.1 Å². The van der Waals surface area contributed by atoms with Gasteiger partial charge < -0.3 is 30.2 Å². The molecular weight excluding hydrogens is 528 g/mol. The van der Waals surface area contributed by atoms with Crippen LogP contribution in [0.3, 0.4) is 0 Å². The number of carbonyl (C=O) groups excluding carboxylic acids is 4. The highest BCUT2D eigenvalue weighted by Crippen LogP contribution is 2.29. The molecule has 0 spiro atoms. The zero-order valence-electron chi connectivity index (χ0n) is 23.9. The summed E-state index contributed by atoms with van der Waals surface area (Å²) in [7, 11) is 1.67. The molecule has 3 N–H and O–H groups in total. The molecule has 2 aliphatic heterocycles. The first kappa shape index (κ1) is 31.7. The standard InChI is InChI=1S/C22H30N4O6.C8H10O/c1-22(15-32-22)21(30)17(11-16-5-3-2-4-6-16)25-19(28)13-23-18(27)12-24-20(29)14-26-7-9-31-10-8-26;1-7-3-5-8(9-2)6-4-7/h2-6,17H,7-15H2,1H3,(H,23,27)(H,24,29)(H,25,28);3-6H,1-2H3/t17?,22-;/m1./s1. The van der Waals surface area contributed by atoms with E-state index < -0.39 is 23.5 Å². The molecule has 2 saturated heterocycles. The fraction of sp³-hybridized carbons (Fsp3) is 0.467. The van der Waals surface area contributed by atoms with E-state index in [1.807, 2.05) is 59.5 Å². The quantitative estimate of drug-likeness (QED) is 0.317. The van der Waals surface area contributed by atoms with E-state index >= 15 is 0 Å². The summed E-state index contributed by atoms with van der Waals surface area (Å²) in [5.41, 5.74) is 1.29. The van der Waals surface area contributed by atoms with E-state index in [1.165, 1.54) is 5.56 Å². The first-order valence-electron chi connectivity index (χ1n) is 13.6. The number of nitrogens with zero attached hydrogens (tertiary/aromatic N) is 1. The number of epoxide rings is 1. The Labute approximate surface area is 240 Å². The summed E-state index contributed by atoms with van der Waals surface area (Å²) < 4.78 is 15.4. The van der Waals surface area contributed by atoms with Crippen molar-refractivity contribution in [3.05, 3.63) is 65.7 Å². The highest BCUT2D eigenvalue weighted by atomic mass is 16.6. The van der Waals surface area contributed by atoms with Crippen molar-refractivity contribution in [1.82, 2.24) is 20.9 Å². The van der Waals surface area contributed by atoms with Gasteiger partial charge >= 0.3 is 0 Å². The number of Topliss-reactive ketones (excluding diaryl/α,β-unsaturated/α-hetero) is 1. The Morgan fingerprint density at radius 2 is 1.54 bits per heavy atom. The van der Waals surface area contributed by atoms with Gasteiger partial charge in [0.15, 0.2) is 5.78 Å². The van der Waals surface area contributed by atoms with Crippen LogP contribution >= 0.6 is 0 Å². The highest BCUT2D eigenvalue weighted by Gasteiger charge is 2.50. The lowest BCUT2D eigenvalue weighted by Crippen LogP contribution is -2.51. The number of hydrogen-bond donors (Lipinski definition) is 3. The maximum Gasteiger partial charge on any atom is 0.239 e. The fourth-order valence-corrected chi connectivity index (χ4v) is 4.04. The van der Waals surface area contributed by atoms with Crippen LogP contribution < -0.4 is 20.7 Å². The molecule has 11 heteroatoms. The van der Waals surface area contributed by atoms with Gasteiger partial charge in [-0.15, -0.1) is 0 Å². The molecule has 1 unspecified atom stereocenters. The predicted octanol–water partition coefficient (Wildman–Crippen LogP) is 0.640. The van der Waals surface area contributed by atoms with Crippen LogP contribution in [0.2, 0.25) is 0 Å². The van der Waals surface area contributed by atoms with Gasteiger partial charge in [0.05, 0.1) is 52.6 Å². The van der Waals surface area contributed by atoms with Crippen LogP contribution in [0.5, 0.6) is 5.75 Å². The molecule has 0 bridgehead atoms. The van der Waals surface area contributed by atoms with Gasteiger partial charge in [0, 0.05) is 13.1 Å². The predicted molar refractivity (Wildman–Crippen MR) is 152 cm³/mol. The van der Waals surface area contributed by atoms with E-state index in [-0.39, 0.29) is 31.3 Å². The van der Waals surface area contributed by atoms with Crippen LogP contribution in [0.1, 0.15) is 18.1 Å². The topological polar surface area (TPSA) is 139 Å². The minimum absolute atomic E-state index is 0.196. The molecule has 3 amide bonds. The highest BCUT2D eigenvalue weighted by molar-refractivity contribution is 5.97. The van der Waals surface area contributed by atoms with Gasteiger partial charge in [-0.2, -0.15) is 0 Å². The second-order valence-corrected chi connectivity index (χ2v) is 10.2. The molecule has 0 aliphatic carbocycles. The van der Waals surface area contributed by atoms with Crippen LogP contribution in [0.15, 0.2) is 54.6 Å². The number of ketones is 1. The van der Waals surface area contributed by atoms with Gasteiger partial charge in [0.2, 0.25) is 17.7 Å². The lowest BCUT2D eigenvalue weighted by Gasteiger charge is -2.25. The summed E-state index contributed by atoms with van der Waals surface area (Å²) >= 11 is 0. The third-order valence-corrected chi connectivity index (χ3v) is 6.65. The SMILES string of the molecule is COc1ccc(C)cc1.C[C@]1(C(=O)C(Cc2ccccc2)NC(=O)CNC(=O)CNC(=O)CN2CCOCC2)CO1. The van der Waals surface area contributed by atoms with Gasteiger partial charge in [0.1, 0.15) is 11.4 Å². The van der Waals surface area contributed by atoms with Gasteiger partial charge in [0.25, 0.3) is 0 Å². The number of amides is 3. The van der Waals surface area contributed by atoms with Crippen molar-refractivity contribution >= 4 is 23.5 Å². The Morgan fingerprint density at radius 3 is 2.15 bits per heavy atom. The van der Waals surface area contributed by atoms with Gasteiger partial charge in [-0.25, -0.2) is 0 Å². The van der Waals surface area contributed by atoms with Crippen molar-refractivity contribution in [3.8, 4) is 5.75 Å². The van der Waals surface area contributed by atoms with E-state index in [0.29, 0.717) is 39.3 Å². The van der Waals surface area contributed by atoms with Crippen molar-refractivity contribution in [3.63, 3.8) is 0 Å². The number of methoxy groups -OCH3 is 1. The number of nitrogens with one attached hydrogen (secondary N) is 3. The van der Waals surface area contributed by atoms with Crippen LogP contribution in [-0.2, 0) is 35.1 Å². The molecule has 2 aliphatic rings. The minimum Gasteiger partial charge on any atom is -0.497 e. The van der Waals surface area contributed by atoms with Crippen LogP contribution in [0.25, 0.3) is 0 Å². The van der Waals surface area contributed by atoms with Crippen molar-refractivity contribution in [2.75, 3.05) is 59.7 Å². The van der Waals surface area contributed by atoms with Crippen molar-refractivity contribution in [1.29, 1.82) is 0 Å². The second kappa shape index (κ2) is 15.8. The maximum atomic E-state index is 12.8. The molecule has 222 valence electrons. The minimum atomic E-state index is -0.874. The Kier molecular flexibility index (Phi) is 12.3. The molecule has 2 heterocycles. The van der Waals surface area contributed by atoms with E-state index in [4.69, 9.17) is 14.2 Å². The number of hydrogen-bond acceptors (Lipinski definition) is 8. The Morgan fingerprint density at radius 1 is 0.927 bits per heavy atom. The third-order valence-electron chi connectivity index (χ3n) is 6.65. The van der Waals surface area contributed by atoms with Gasteiger partial charge in [-0.05, 0) is 38.0 Å². The molecule has 2 aromatic carbocycles. The Hall–Kier alpha value is -3.80. The number of morpholine rings is 1. The summed E-state index contributed by atoms with van der Waals surface area (Å²) in [6.07, 6.45) is 0.329. The van der Waals surface area contributed by atoms with E-state index in [9.17, 15) is 19.2 Å². The molecule has 2 aromatic rings. The maximum absolute atomic E-state index is 12.8. The van der Waals surface area contributed by atoms with Crippen molar-refractivity contribution in [2.24, 2.45) is 0 Å². The summed E-state index contributed by atoms with van der Waals surface area (Å²) in [4.78, 5) is 51.0. The fourth-order valence-electron chi connectivity index (χ4n) is 4.04. The largest absolute Gasteiger partial charge is 0.497 e. The number of ether oxygens (including phenoxy) is 3. The Balaban J connectivity index is 0.000000436. The molecule has 4 rings (SSSR count). The molecule has 2 atom stereocenters. The number of carbonyl (C=O) groups is 4. The number of rotatable bonds is 12. The van der Waals surface area contributed by atoms with Crippen LogP contribution in [0, 0.1) is 6.92 Å². The normalized spacial score (nSPS) is 18.6. The van der Waals surface area contributed by atoms with E-state index in [1.54, 1.807) is 14.0 Å². The first-order valence-corrected chi connectivity index (χ1v) is 13.6. The van der Waals surface area contributed by atoms with Crippen LogP contribution in [0.4, 0.5) is 0 Å². The summed E-state index contributed by atoms with van der Waals surface area (Å²) in [5, 5.41) is 7.70. The second-order valence-electron chi connectivity index (χ2n) is 10.2. The monoisotopic (exact) mass is 568 g/mol. The first-order chi connectivity index (χ1) is 19.7. The van der Waals surface area contributed by atoms with Gasteiger partial charge in [-0.1, -0.05) is 48.0 Å². The summed E-state index contributed by atoms with van der Waals surface area (Å²) in [5.74, 6) is -0.523. The molecule has 0 saturated carbocycles. The lowest BCUT2D eigenvalue weighted by atomic mass is 9.95.